The van der Waals surface area contributed by atoms with Crippen LogP contribution >= 0.6 is 11.3 Å². The zero-order valence-corrected chi connectivity index (χ0v) is 15.7. The number of carbonyl (C=O) groups excluding carboxylic acids is 1. The molecule has 0 atom stereocenters. The molecule has 0 spiro atoms. The second kappa shape index (κ2) is 9.17. The molecule has 2 aromatic rings. The first-order valence-corrected chi connectivity index (χ1v) is 8.95. The molecule has 0 fully saturated rings. The number of rotatable bonds is 8. The third-order valence-electron chi connectivity index (χ3n) is 3.26. The summed E-state index contributed by atoms with van der Waals surface area (Å²) < 4.78 is 10.6. The first kappa shape index (κ1) is 18.9. The van der Waals surface area contributed by atoms with Crippen molar-refractivity contribution in [1.29, 1.82) is 0 Å². The third-order valence-corrected chi connectivity index (χ3v) is 4.24. The molecule has 0 bridgehead atoms. The van der Waals surface area contributed by atoms with Crippen LogP contribution in [0.25, 0.3) is 0 Å². The molecule has 0 amide bonds. The van der Waals surface area contributed by atoms with Gasteiger partial charge in [0, 0.05) is 5.56 Å². The SMILES string of the molecule is CCc1nc(N/N=C\c2ccccc2OCC(C)C)sc1C(=O)OC. The first-order valence-electron chi connectivity index (χ1n) is 8.14. The number of nitrogens with one attached hydrogen (secondary N) is 1. The summed E-state index contributed by atoms with van der Waals surface area (Å²) in [6.45, 7) is 6.79. The van der Waals surface area contributed by atoms with Gasteiger partial charge in [-0.2, -0.15) is 5.10 Å². The second-order valence-corrected chi connectivity index (χ2v) is 6.75. The molecule has 0 aliphatic rings. The van der Waals surface area contributed by atoms with E-state index in [0.29, 0.717) is 34.6 Å². The molecule has 25 heavy (non-hydrogen) atoms. The predicted molar refractivity (Wildman–Crippen MR) is 101 cm³/mol. The van der Waals surface area contributed by atoms with Crippen LogP contribution in [0.5, 0.6) is 5.75 Å². The van der Waals surface area contributed by atoms with E-state index >= 15 is 0 Å². The average molecular weight is 361 g/mol. The number of para-hydroxylation sites is 1. The zero-order chi connectivity index (χ0) is 18.2. The number of benzene rings is 1. The fourth-order valence-electron chi connectivity index (χ4n) is 2.02. The van der Waals surface area contributed by atoms with E-state index in [1.807, 2.05) is 31.2 Å². The molecule has 6 nitrogen and oxygen atoms in total. The topological polar surface area (TPSA) is 72.8 Å². The van der Waals surface area contributed by atoms with Gasteiger partial charge in [-0.25, -0.2) is 9.78 Å². The Hall–Kier alpha value is -2.41. The molecule has 0 saturated carbocycles. The van der Waals surface area contributed by atoms with Crippen molar-refractivity contribution in [3.05, 3.63) is 40.4 Å². The largest absolute Gasteiger partial charge is 0.493 e. The number of thiazole rings is 1. The summed E-state index contributed by atoms with van der Waals surface area (Å²) in [7, 11) is 1.36. The van der Waals surface area contributed by atoms with E-state index in [4.69, 9.17) is 9.47 Å². The molecule has 1 aromatic carbocycles. The smallest absolute Gasteiger partial charge is 0.350 e. The number of nitrogens with zero attached hydrogens (tertiary/aromatic N) is 2. The quantitative estimate of drug-likeness (QED) is 0.437. The Labute approximate surface area is 151 Å². The molecule has 1 aromatic heterocycles. The molecular formula is C18H23N3O3S. The highest BCUT2D eigenvalue weighted by atomic mass is 32.1. The lowest BCUT2D eigenvalue weighted by molar-refractivity contribution is 0.0605. The molecule has 1 heterocycles. The van der Waals surface area contributed by atoms with Crippen molar-refractivity contribution in [2.75, 3.05) is 19.1 Å². The number of anilines is 1. The van der Waals surface area contributed by atoms with Gasteiger partial charge in [0.25, 0.3) is 0 Å². The van der Waals surface area contributed by atoms with Gasteiger partial charge in [0.15, 0.2) is 0 Å². The molecule has 2 rings (SSSR count). The monoisotopic (exact) mass is 361 g/mol. The van der Waals surface area contributed by atoms with Crippen molar-refractivity contribution in [3.63, 3.8) is 0 Å². The maximum absolute atomic E-state index is 11.7. The molecule has 0 aliphatic heterocycles. The van der Waals surface area contributed by atoms with Gasteiger partial charge in [-0.1, -0.05) is 44.2 Å². The molecule has 0 radical (unpaired) electrons. The van der Waals surface area contributed by atoms with Crippen LogP contribution in [0.1, 0.15) is 41.7 Å². The van der Waals surface area contributed by atoms with Crippen LogP contribution < -0.4 is 10.2 Å². The number of methoxy groups -OCH3 is 1. The maximum Gasteiger partial charge on any atom is 0.350 e. The van der Waals surface area contributed by atoms with Gasteiger partial charge in [-0.05, 0) is 24.5 Å². The summed E-state index contributed by atoms with van der Waals surface area (Å²) in [4.78, 5) is 16.6. The van der Waals surface area contributed by atoms with E-state index in [-0.39, 0.29) is 5.97 Å². The summed E-state index contributed by atoms with van der Waals surface area (Å²) in [5.74, 6) is 0.854. The molecule has 134 valence electrons. The Morgan fingerprint density at radius 3 is 2.84 bits per heavy atom. The predicted octanol–water partition coefficient (Wildman–Crippen LogP) is 3.97. The molecule has 0 unspecified atom stereocenters. The molecule has 1 N–H and O–H groups in total. The zero-order valence-electron chi connectivity index (χ0n) is 14.9. The van der Waals surface area contributed by atoms with Crippen molar-refractivity contribution in [1.82, 2.24) is 4.98 Å². The minimum atomic E-state index is -0.376. The lowest BCUT2D eigenvalue weighted by Crippen LogP contribution is -2.06. The van der Waals surface area contributed by atoms with Crippen LogP contribution in [0.3, 0.4) is 0 Å². The minimum absolute atomic E-state index is 0.376. The van der Waals surface area contributed by atoms with Gasteiger partial charge in [0.1, 0.15) is 10.6 Å². The number of hydrogen-bond acceptors (Lipinski definition) is 7. The summed E-state index contributed by atoms with van der Waals surface area (Å²) in [6.07, 6.45) is 2.33. The third kappa shape index (κ3) is 5.29. The van der Waals surface area contributed by atoms with Crippen LogP contribution in [0.4, 0.5) is 5.13 Å². The van der Waals surface area contributed by atoms with Crippen LogP contribution in [-0.2, 0) is 11.2 Å². The summed E-state index contributed by atoms with van der Waals surface area (Å²) >= 11 is 1.23. The van der Waals surface area contributed by atoms with E-state index in [1.54, 1.807) is 6.21 Å². The van der Waals surface area contributed by atoms with Crippen molar-refractivity contribution in [2.24, 2.45) is 11.0 Å². The number of hydrazone groups is 1. The lowest BCUT2D eigenvalue weighted by Gasteiger charge is -2.10. The van der Waals surface area contributed by atoms with E-state index < -0.39 is 0 Å². The minimum Gasteiger partial charge on any atom is -0.493 e. The second-order valence-electron chi connectivity index (χ2n) is 5.75. The number of aromatic nitrogens is 1. The highest BCUT2D eigenvalue weighted by molar-refractivity contribution is 7.17. The fraction of sp³-hybridized carbons (Fsp3) is 0.389. The highest BCUT2D eigenvalue weighted by Crippen LogP contribution is 2.24. The summed E-state index contributed by atoms with van der Waals surface area (Å²) in [5.41, 5.74) is 4.45. The molecular weight excluding hydrogens is 338 g/mol. The number of hydrogen-bond donors (Lipinski definition) is 1. The van der Waals surface area contributed by atoms with Gasteiger partial charge >= 0.3 is 5.97 Å². The first-order chi connectivity index (χ1) is 12.0. The maximum atomic E-state index is 11.7. The Balaban J connectivity index is 2.09. The normalized spacial score (nSPS) is 11.1. The van der Waals surface area contributed by atoms with E-state index in [2.05, 4.69) is 29.4 Å². The number of carbonyl (C=O) groups is 1. The lowest BCUT2D eigenvalue weighted by atomic mass is 10.2. The number of ether oxygens (including phenoxy) is 2. The fourth-order valence-corrected chi connectivity index (χ4v) is 2.95. The average Bonchev–Trinajstić information content (AvgIpc) is 3.03. The van der Waals surface area contributed by atoms with Crippen LogP contribution in [0.15, 0.2) is 29.4 Å². The van der Waals surface area contributed by atoms with Gasteiger partial charge in [-0.3, -0.25) is 5.43 Å². The molecule has 0 aliphatic carbocycles. The van der Waals surface area contributed by atoms with E-state index in [1.165, 1.54) is 18.4 Å². The van der Waals surface area contributed by atoms with Crippen molar-refractivity contribution >= 4 is 28.7 Å². The molecule has 7 heteroatoms. The van der Waals surface area contributed by atoms with Gasteiger partial charge in [0.05, 0.1) is 25.6 Å². The van der Waals surface area contributed by atoms with Crippen LogP contribution in [-0.4, -0.2) is 30.9 Å². The van der Waals surface area contributed by atoms with Crippen LogP contribution in [0.2, 0.25) is 0 Å². The van der Waals surface area contributed by atoms with Crippen LogP contribution in [0, 0.1) is 5.92 Å². The van der Waals surface area contributed by atoms with E-state index in [9.17, 15) is 4.79 Å². The summed E-state index contributed by atoms with van der Waals surface area (Å²) in [5, 5.41) is 4.76. The summed E-state index contributed by atoms with van der Waals surface area (Å²) in [6, 6.07) is 7.70. The van der Waals surface area contributed by atoms with Gasteiger partial charge < -0.3 is 9.47 Å². The number of aryl methyl sites for hydroxylation is 1. The highest BCUT2D eigenvalue weighted by Gasteiger charge is 2.17. The Morgan fingerprint density at radius 2 is 2.16 bits per heavy atom. The molecule has 0 saturated heterocycles. The Bertz CT molecular complexity index is 741. The standard InChI is InChI=1S/C18H23N3O3S/c1-5-14-16(17(22)23-4)25-18(20-14)21-19-10-13-8-6-7-9-15(13)24-11-12(2)3/h6-10,12H,5,11H2,1-4H3,(H,20,21)/b19-10-. The van der Waals surface area contributed by atoms with Gasteiger partial charge in [-0.15, -0.1) is 0 Å². The number of esters is 1. The Kier molecular flexibility index (Phi) is 6.94. The van der Waals surface area contributed by atoms with Gasteiger partial charge in [0.2, 0.25) is 5.13 Å². The van der Waals surface area contributed by atoms with E-state index in [0.717, 1.165) is 11.3 Å². The van der Waals surface area contributed by atoms with Crippen molar-refractivity contribution in [3.8, 4) is 5.75 Å². The van der Waals surface area contributed by atoms with Crippen molar-refractivity contribution in [2.45, 2.75) is 27.2 Å². The Morgan fingerprint density at radius 1 is 1.40 bits per heavy atom. The van der Waals surface area contributed by atoms with Crippen molar-refractivity contribution < 1.29 is 14.3 Å².